The first kappa shape index (κ1) is 23.3. The lowest BCUT2D eigenvalue weighted by Crippen LogP contribution is -2.45. The van der Waals surface area contributed by atoms with Crippen molar-refractivity contribution in [3.8, 4) is 11.4 Å². The molecule has 1 heterocycles. The number of hydrogen-bond donors (Lipinski definition) is 1. The van der Waals surface area contributed by atoms with Gasteiger partial charge in [-0.25, -0.2) is 9.07 Å². The van der Waals surface area contributed by atoms with E-state index in [4.69, 9.17) is 4.74 Å². The minimum absolute atomic E-state index is 0.356. The van der Waals surface area contributed by atoms with Crippen molar-refractivity contribution in [1.82, 2.24) is 15.1 Å². The molecule has 3 aromatic carbocycles. The van der Waals surface area contributed by atoms with Crippen molar-refractivity contribution in [1.29, 1.82) is 0 Å². The van der Waals surface area contributed by atoms with Crippen LogP contribution in [-0.4, -0.2) is 27.9 Å². The van der Waals surface area contributed by atoms with Crippen molar-refractivity contribution in [2.45, 2.75) is 32.2 Å². The maximum atomic E-state index is 13.3. The maximum absolute atomic E-state index is 13.3. The van der Waals surface area contributed by atoms with Crippen molar-refractivity contribution in [2.75, 3.05) is 0 Å². The highest BCUT2D eigenvalue weighted by Crippen LogP contribution is 2.32. The zero-order valence-electron chi connectivity index (χ0n) is 18.3. The van der Waals surface area contributed by atoms with Crippen LogP contribution in [0.2, 0.25) is 0 Å². The van der Waals surface area contributed by atoms with Gasteiger partial charge < -0.3 is 10.1 Å². The topological polar surface area (TPSA) is 56.1 Å². The number of aromatic nitrogens is 2. The molecule has 0 saturated carbocycles. The van der Waals surface area contributed by atoms with Gasteiger partial charge in [-0.3, -0.25) is 4.79 Å². The Balaban J connectivity index is 1.67. The predicted octanol–water partition coefficient (Wildman–Crippen LogP) is 5.66. The zero-order valence-corrected chi connectivity index (χ0v) is 18.3. The molecule has 1 N–H and O–H groups in total. The van der Waals surface area contributed by atoms with Crippen LogP contribution in [0.1, 0.15) is 24.2 Å². The first-order valence-electron chi connectivity index (χ1n) is 10.5. The monoisotopic (exact) mass is 471 g/mol. The van der Waals surface area contributed by atoms with Crippen molar-refractivity contribution < 1.29 is 27.1 Å². The highest BCUT2D eigenvalue weighted by Gasteiger charge is 2.40. The highest BCUT2D eigenvalue weighted by molar-refractivity contribution is 5.83. The molecule has 4 rings (SSSR count). The first-order chi connectivity index (χ1) is 16.1. The fourth-order valence-corrected chi connectivity index (χ4v) is 3.68. The molecule has 1 aromatic heterocycles. The number of carbonyl (C=O) groups is 1. The molecule has 0 aliphatic heterocycles. The Morgan fingerprint density at radius 1 is 1.06 bits per heavy atom. The molecular formula is C25H21F4N3O2. The number of benzene rings is 3. The standard InChI is InChI=1S/C25H21F4N3O2/c1-15-12-21-18(14-30-32(21)20-10-8-19(26)9-11-20)13-22(15)34-23(17-6-4-3-5-7-17)16(2)31-24(33)25(27,28)29/h3-14,16,23H,1-2H3,(H,31,33). The molecule has 0 fully saturated rings. The van der Waals surface area contributed by atoms with E-state index < -0.39 is 24.2 Å². The Bertz CT molecular complexity index is 1300. The molecule has 0 aliphatic carbocycles. The Morgan fingerprint density at radius 2 is 1.74 bits per heavy atom. The van der Waals surface area contributed by atoms with E-state index in [1.54, 1.807) is 66.3 Å². The lowest BCUT2D eigenvalue weighted by Gasteiger charge is -2.27. The van der Waals surface area contributed by atoms with Gasteiger partial charge in [0.25, 0.3) is 0 Å². The lowest BCUT2D eigenvalue weighted by atomic mass is 10.0. The van der Waals surface area contributed by atoms with E-state index in [0.29, 0.717) is 22.6 Å². The number of alkyl halides is 3. The quantitative estimate of drug-likeness (QED) is 0.369. The number of rotatable bonds is 6. The van der Waals surface area contributed by atoms with Crippen molar-refractivity contribution in [3.63, 3.8) is 0 Å². The molecule has 0 aliphatic rings. The van der Waals surface area contributed by atoms with Crippen LogP contribution in [0.4, 0.5) is 17.6 Å². The van der Waals surface area contributed by atoms with Crippen LogP contribution < -0.4 is 10.1 Å². The smallest absolute Gasteiger partial charge is 0.471 e. The van der Waals surface area contributed by atoms with Crippen molar-refractivity contribution >= 4 is 16.8 Å². The van der Waals surface area contributed by atoms with Crippen LogP contribution in [-0.2, 0) is 4.79 Å². The van der Waals surface area contributed by atoms with Crippen LogP contribution in [0.5, 0.6) is 5.75 Å². The van der Waals surface area contributed by atoms with E-state index in [-0.39, 0.29) is 5.82 Å². The lowest BCUT2D eigenvalue weighted by molar-refractivity contribution is -0.174. The van der Waals surface area contributed by atoms with Gasteiger partial charge in [0.1, 0.15) is 17.7 Å². The van der Waals surface area contributed by atoms with Gasteiger partial charge in [-0.2, -0.15) is 18.3 Å². The number of aryl methyl sites for hydroxylation is 1. The average molecular weight is 471 g/mol. The van der Waals surface area contributed by atoms with Crippen LogP contribution in [0.25, 0.3) is 16.6 Å². The Hall–Kier alpha value is -3.88. The zero-order chi connectivity index (χ0) is 24.5. The molecule has 0 radical (unpaired) electrons. The van der Waals surface area contributed by atoms with Crippen LogP contribution >= 0.6 is 0 Å². The molecule has 34 heavy (non-hydrogen) atoms. The second-order valence-electron chi connectivity index (χ2n) is 7.92. The number of amides is 1. The van der Waals surface area contributed by atoms with Gasteiger partial charge in [-0.1, -0.05) is 30.3 Å². The fraction of sp³-hybridized carbons (Fsp3) is 0.200. The normalized spacial score (nSPS) is 13.5. The molecule has 9 heteroatoms. The molecule has 1 amide bonds. The molecule has 2 atom stereocenters. The van der Waals surface area contributed by atoms with Gasteiger partial charge in [-0.15, -0.1) is 0 Å². The van der Waals surface area contributed by atoms with Gasteiger partial charge in [0.15, 0.2) is 0 Å². The molecule has 2 unspecified atom stereocenters. The third kappa shape index (κ3) is 4.88. The molecular weight excluding hydrogens is 450 g/mol. The van der Waals surface area contributed by atoms with E-state index in [1.807, 2.05) is 11.4 Å². The maximum Gasteiger partial charge on any atom is 0.471 e. The molecule has 0 bridgehead atoms. The highest BCUT2D eigenvalue weighted by atomic mass is 19.4. The van der Waals surface area contributed by atoms with Crippen molar-refractivity contribution in [3.05, 3.63) is 89.9 Å². The molecule has 0 spiro atoms. The Labute approximate surface area is 193 Å². The van der Waals surface area contributed by atoms with E-state index >= 15 is 0 Å². The number of nitrogens with zero attached hydrogens (tertiary/aromatic N) is 2. The predicted molar refractivity (Wildman–Crippen MR) is 119 cm³/mol. The van der Waals surface area contributed by atoms with E-state index in [9.17, 15) is 22.4 Å². The number of ether oxygens (including phenoxy) is 1. The van der Waals surface area contributed by atoms with Gasteiger partial charge in [0.05, 0.1) is 23.4 Å². The largest absolute Gasteiger partial charge is 0.483 e. The number of fused-ring (bicyclic) bond motifs is 1. The minimum Gasteiger partial charge on any atom is -0.483 e. The second-order valence-corrected chi connectivity index (χ2v) is 7.92. The number of hydrogen-bond acceptors (Lipinski definition) is 3. The van der Waals surface area contributed by atoms with Crippen molar-refractivity contribution in [2.24, 2.45) is 0 Å². The summed E-state index contributed by atoms with van der Waals surface area (Å²) in [7, 11) is 0. The molecule has 176 valence electrons. The van der Waals surface area contributed by atoms with Gasteiger partial charge in [0, 0.05) is 5.39 Å². The summed E-state index contributed by atoms with van der Waals surface area (Å²) in [6.45, 7) is 3.26. The molecule has 5 nitrogen and oxygen atoms in total. The number of halogens is 4. The second kappa shape index (κ2) is 9.17. The fourth-order valence-electron chi connectivity index (χ4n) is 3.68. The van der Waals surface area contributed by atoms with Crippen LogP contribution in [0.15, 0.2) is 72.9 Å². The summed E-state index contributed by atoms with van der Waals surface area (Å²) in [6, 6.07) is 17.2. The summed E-state index contributed by atoms with van der Waals surface area (Å²) >= 11 is 0. The third-order valence-electron chi connectivity index (χ3n) is 5.39. The van der Waals surface area contributed by atoms with E-state index in [2.05, 4.69) is 5.10 Å². The summed E-state index contributed by atoms with van der Waals surface area (Å²) in [4.78, 5) is 11.5. The number of carbonyl (C=O) groups excluding carboxylic acids is 1. The van der Waals surface area contributed by atoms with E-state index in [0.717, 1.165) is 10.9 Å². The first-order valence-corrected chi connectivity index (χ1v) is 10.5. The summed E-state index contributed by atoms with van der Waals surface area (Å²) in [5.41, 5.74) is 2.76. The van der Waals surface area contributed by atoms with Gasteiger partial charge >= 0.3 is 12.1 Å². The third-order valence-corrected chi connectivity index (χ3v) is 5.39. The summed E-state index contributed by atoms with van der Waals surface area (Å²) in [5, 5.41) is 7.09. The summed E-state index contributed by atoms with van der Waals surface area (Å²) in [5.74, 6) is -1.95. The van der Waals surface area contributed by atoms with Gasteiger partial charge in [-0.05, 0) is 61.4 Å². The Kier molecular flexibility index (Phi) is 6.28. The minimum atomic E-state index is -5.00. The summed E-state index contributed by atoms with van der Waals surface area (Å²) in [6.07, 6.45) is -4.26. The SMILES string of the molecule is Cc1cc2c(cnn2-c2ccc(F)cc2)cc1OC(c1ccccc1)C(C)NC(=O)C(F)(F)F. The van der Waals surface area contributed by atoms with E-state index in [1.165, 1.54) is 19.1 Å². The van der Waals surface area contributed by atoms with Crippen LogP contribution in [0.3, 0.4) is 0 Å². The van der Waals surface area contributed by atoms with Gasteiger partial charge in [0.2, 0.25) is 0 Å². The number of nitrogens with one attached hydrogen (secondary N) is 1. The molecule has 4 aromatic rings. The Morgan fingerprint density at radius 3 is 2.38 bits per heavy atom. The summed E-state index contributed by atoms with van der Waals surface area (Å²) < 4.78 is 59.6. The molecule has 0 saturated heterocycles. The average Bonchev–Trinajstić information content (AvgIpc) is 3.20. The van der Waals surface area contributed by atoms with Crippen LogP contribution in [0, 0.1) is 12.7 Å².